The van der Waals surface area contributed by atoms with E-state index in [1.54, 1.807) is 0 Å². The molecule has 0 fully saturated rings. The predicted molar refractivity (Wildman–Crippen MR) is 108 cm³/mol. The van der Waals surface area contributed by atoms with Gasteiger partial charge in [0.1, 0.15) is 0 Å². The van der Waals surface area contributed by atoms with Gasteiger partial charge < -0.3 is 0 Å². The van der Waals surface area contributed by atoms with Crippen LogP contribution in [0.1, 0.15) is 11.1 Å². The van der Waals surface area contributed by atoms with Gasteiger partial charge in [0, 0.05) is 0 Å². The van der Waals surface area contributed by atoms with Crippen LogP contribution in [0, 0.1) is 13.8 Å². The first-order valence-electron chi connectivity index (χ1n) is 7.67. The summed E-state index contributed by atoms with van der Waals surface area (Å²) in [5, 5.41) is 4.93. The Bertz CT molecular complexity index is 942. The second-order valence-electron chi connectivity index (χ2n) is 5.69. The third kappa shape index (κ3) is 3.66. The van der Waals surface area contributed by atoms with Crippen molar-refractivity contribution in [3.63, 3.8) is 0 Å². The molecule has 4 aromatic rings. The number of benzene rings is 4. The number of rotatable bonds is 1. The topological polar surface area (TPSA) is 0 Å². The standard InChI is InChI=1S/C22H16.2ClH.Pd/c1-15-11-13-17-7-3-5-9-19(17)21(15)22-16(2)12-14-18-8-4-6-10-20(18)22;;;/h3-14H,1-2H2;2*1H;/q-2;;;+2/p-2. The molecular formula is C22H16Cl2Pd-2. The fraction of sp³-hybridized carbons (Fsp3) is 0. The van der Waals surface area contributed by atoms with Crippen molar-refractivity contribution in [3.05, 3.63) is 97.8 Å². The summed E-state index contributed by atoms with van der Waals surface area (Å²) in [6, 6.07) is 25.4. The summed E-state index contributed by atoms with van der Waals surface area (Å²) >= 11 is -0.106. The Morgan fingerprint density at radius 1 is 0.560 bits per heavy atom. The average molecular weight is 458 g/mol. The van der Waals surface area contributed by atoms with Crippen LogP contribution >= 0.6 is 19.1 Å². The number of halogens is 2. The molecular weight excluding hydrogens is 442 g/mol. The van der Waals surface area contributed by atoms with Crippen LogP contribution in [0.4, 0.5) is 0 Å². The molecule has 130 valence electrons. The molecule has 3 heteroatoms. The molecule has 25 heavy (non-hydrogen) atoms. The Morgan fingerprint density at radius 3 is 1.32 bits per heavy atom. The predicted octanol–water partition coefficient (Wildman–Crippen LogP) is 7.40. The van der Waals surface area contributed by atoms with E-state index in [0.29, 0.717) is 0 Å². The molecule has 0 amide bonds. The van der Waals surface area contributed by atoms with Crippen LogP contribution in [-0.4, -0.2) is 0 Å². The Kier molecular flexibility index (Phi) is 5.94. The molecule has 4 aromatic carbocycles. The van der Waals surface area contributed by atoms with Gasteiger partial charge in [-0.25, -0.2) is 0 Å². The second-order valence-corrected chi connectivity index (χ2v) is 8.05. The summed E-state index contributed by atoms with van der Waals surface area (Å²) in [6.45, 7) is 8.53. The van der Waals surface area contributed by atoms with Gasteiger partial charge >= 0.3 is 35.0 Å². The van der Waals surface area contributed by atoms with Crippen LogP contribution in [0.15, 0.2) is 72.8 Å². The van der Waals surface area contributed by atoms with Crippen molar-refractivity contribution < 1.29 is 15.9 Å². The van der Waals surface area contributed by atoms with Crippen molar-refractivity contribution in [2.45, 2.75) is 0 Å². The van der Waals surface area contributed by atoms with Gasteiger partial charge in [0.2, 0.25) is 0 Å². The molecule has 0 N–H and O–H groups in total. The van der Waals surface area contributed by atoms with E-state index in [2.05, 4.69) is 86.6 Å². The van der Waals surface area contributed by atoms with E-state index in [1.807, 2.05) is 0 Å². The van der Waals surface area contributed by atoms with Gasteiger partial charge in [-0.05, 0) is 10.8 Å². The van der Waals surface area contributed by atoms with Crippen LogP contribution in [0.5, 0.6) is 0 Å². The molecule has 0 nitrogen and oxygen atoms in total. The zero-order valence-electron chi connectivity index (χ0n) is 13.4. The minimum absolute atomic E-state index is 0.106. The SMILES string of the molecule is [CH2-]c1ccc2ccccc2c1-c1c([CH2-])ccc2ccccc12.[Cl][Pd][Cl]. The molecule has 0 saturated carbocycles. The summed E-state index contributed by atoms with van der Waals surface area (Å²) in [5.74, 6) is 0. The first-order valence-corrected chi connectivity index (χ1v) is 11.7. The van der Waals surface area contributed by atoms with Crippen molar-refractivity contribution in [2.24, 2.45) is 0 Å². The fourth-order valence-corrected chi connectivity index (χ4v) is 3.22. The molecule has 0 heterocycles. The van der Waals surface area contributed by atoms with Crippen LogP contribution in [0.2, 0.25) is 0 Å². The van der Waals surface area contributed by atoms with Crippen molar-refractivity contribution in [1.82, 2.24) is 0 Å². The van der Waals surface area contributed by atoms with Gasteiger partial charge in [0.25, 0.3) is 0 Å². The number of fused-ring (bicyclic) bond motifs is 2. The summed E-state index contributed by atoms with van der Waals surface area (Å²) in [5.41, 5.74) is 4.47. The monoisotopic (exact) mass is 456 g/mol. The molecule has 0 aliphatic heterocycles. The zero-order chi connectivity index (χ0) is 17.8. The fourth-order valence-electron chi connectivity index (χ4n) is 3.22. The van der Waals surface area contributed by atoms with E-state index in [4.69, 9.17) is 19.1 Å². The van der Waals surface area contributed by atoms with E-state index in [9.17, 15) is 0 Å². The third-order valence-corrected chi connectivity index (χ3v) is 4.28. The molecule has 0 aromatic heterocycles. The van der Waals surface area contributed by atoms with E-state index in [1.165, 1.54) is 32.7 Å². The molecule has 0 atom stereocenters. The molecule has 0 radical (unpaired) electrons. The minimum atomic E-state index is -0.106. The molecule has 0 aliphatic rings. The maximum absolute atomic E-state index is 4.81. The Labute approximate surface area is 164 Å². The molecule has 0 saturated heterocycles. The van der Waals surface area contributed by atoms with Crippen LogP contribution < -0.4 is 0 Å². The Hall–Kier alpha value is -1.62. The summed E-state index contributed by atoms with van der Waals surface area (Å²) in [4.78, 5) is 0. The summed E-state index contributed by atoms with van der Waals surface area (Å²) < 4.78 is 0. The maximum atomic E-state index is 4.81. The van der Waals surface area contributed by atoms with Gasteiger partial charge in [-0.3, -0.25) is 0 Å². The van der Waals surface area contributed by atoms with E-state index >= 15 is 0 Å². The van der Waals surface area contributed by atoms with Crippen molar-refractivity contribution in [2.75, 3.05) is 0 Å². The first-order chi connectivity index (χ1) is 12.2. The zero-order valence-corrected chi connectivity index (χ0v) is 16.5. The van der Waals surface area contributed by atoms with E-state index in [0.717, 1.165) is 11.1 Å². The van der Waals surface area contributed by atoms with Crippen LogP contribution in [0.3, 0.4) is 0 Å². The Balaban J connectivity index is 0.000000569. The second kappa shape index (κ2) is 8.17. The molecule has 4 rings (SSSR count). The average Bonchev–Trinajstić information content (AvgIpc) is 2.63. The van der Waals surface area contributed by atoms with Gasteiger partial charge in [-0.1, -0.05) is 59.3 Å². The summed E-state index contributed by atoms with van der Waals surface area (Å²) in [6.07, 6.45) is 0. The first kappa shape index (κ1) is 18.2. The van der Waals surface area contributed by atoms with Crippen molar-refractivity contribution in [1.29, 1.82) is 0 Å². The van der Waals surface area contributed by atoms with Gasteiger partial charge in [0.15, 0.2) is 0 Å². The molecule has 0 bridgehead atoms. The van der Waals surface area contributed by atoms with Gasteiger partial charge in [-0.15, -0.1) is 12.1 Å². The van der Waals surface area contributed by atoms with Gasteiger partial charge in [0.05, 0.1) is 0 Å². The molecule has 0 spiro atoms. The normalized spacial score (nSPS) is 10.6. The number of hydrogen-bond acceptors (Lipinski definition) is 0. The van der Waals surface area contributed by atoms with Crippen LogP contribution in [0.25, 0.3) is 32.7 Å². The van der Waals surface area contributed by atoms with Gasteiger partial charge in [-0.2, -0.15) is 48.2 Å². The number of hydrogen-bond donors (Lipinski definition) is 0. The Morgan fingerprint density at radius 2 is 0.920 bits per heavy atom. The summed E-state index contributed by atoms with van der Waals surface area (Å²) in [7, 11) is 9.63. The van der Waals surface area contributed by atoms with Crippen LogP contribution in [-0.2, 0) is 15.9 Å². The van der Waals surface area contributed by atoms with E-state index in [-0.39, 0.29) is 15.9 Å². The van der Waals surface area contributed by atoms with Crippen molar-refractivity contribution in [3.8, 4) is 11.1 Å². The third-order valence-electron chi connectivity index (χ3n) is 4.28. The molecule has 0 aliphatic carbocycles. The quantitative estimate of drug-likeness (QED) is 0.206. The molecule has 0 unspecified atom stereocenters. The van der Waals surface area contributed by atoms with Crippen molar-refractivity contribution >= 4 is 40.6 Å². The van der Waals surface area contributed by atoms with E-state index < -0.39 is 0 Å².